The van der Waals surface area contributed by atoms with E-state index in [2.05, 4.69) is 26.8 Å². The zero-order valence-electron chi connectivity index (χ0n) is 8.04. The van der Waals surface area contributed by atoms with E-state index in [1.54, 1.807) is 26.1 Å². The van der Waals surface area contributed by atoms with Crippen molar-refractivity contribution in [2.45, 2.75) is 19.4 Å². The summed E-state index contributed by atoms with van der Waals surface area (Å²) in [7, 11) is 0. The molecule has 1 aromatic rings. The molecule has 1 heterocycles. The SMILES string of the molecule is C#CC(C)(C)Oc1ncc(Br)cc1N. The monoisotopic (exact) mass is 254 g/mol. The lowest BCUT2D eigenvalue weighted by atomic mass is 10.1. The van der Waals surface area contributed by atoms with Gasteiger partial charge in [0, 0.05) is 10.7 Å². The number of anilines is 1. The van der Waals surface area contributed by atoms with Crippen LogP contribution < -0.4 is 10.5 Å². The fraction of sp³-hybridized carbons (Fsp3) is 0.300. The first-order valence-corrected chi connectivity index (χ1v) is 4.82. The first kappa shape index (κ1) is 10.9. The number of aromatic nitrogens is 1. The Morgan fingerprint density at radius 2 is 2.29 bits per heavy atom. The lowest BCUT2D eigenvalue weighted by Gasteiger charge is -2.20. The molecule has 3 nitrogen and oxygen atoms in total. The van der Waals surface area contributed by atoms with Gasteiger partial charge in [0.1, 0.15) is 0 Å². The van der Waals surface area contributed by atoms with Gasteiger partial charge in [0.25, 0.3) is 0 Å². The molecule has 0 radical (unpaired) electrons. The van der Waals surface area contributed by atoms with Crippen LogP contribution in [0.2, 0.25) is 0 Å². The van der Waals surface area contributed by atoms with Gasteiger partial charge >= 0.3 is 0 Å². The minimum Gasteiger partial charge on any atom is -0.457 e. The van der Waals surface area contributed by atoms with Crippen molar-refractivity contribution < 1.29 is 4.74 Å². The van der Waals surface area contributed by atoms with Gasteiger partial charge in [0.05, 0.1) is 5.69 Å². The van der Waals surface area contributed by atoms with Crippen molar-refractivity contribution in [1.82, 2.24) is 4.98 Å². The van der Waals surface area contributed by atoms with Crippen LogP contribution in [0.1, 0.15) is 13.8 Å². The van der Waals surface area contributed by atoms with Gasteiger partial charge < -0.3 is 10.5 Å². The van der Waals surface area contributed by atoms with Crippen molar-refractivity contribution in [1.29, 1.82) is 0 Å². The third kappa shape index (κ3) is 2.64. The average molecular weight is 255 g/mol. The van der Waals surface area contributed by atoms with Crippen LogP contribution in [0, 0.1) is 12.3 Å². The number of ether oxygens (including phenoxy) is 1. The van der Waals surface area contributed by atoms with Crippen molar-refractivity contribution in [2.24, 2.45) is 0 Å². The Hall–Kier alpha value is -1.21. The van der Waals surface area contributed by atoms with Crippen molar-refractivity contribution in [2.75, 3.05) is 5.73 Å². The topological polar surface area (TPSA) is 48.1 Å². The van der Waals surface area contributed by atoms with Gasteiger partial charge in [0.15, 0.2) is 5.60 Å². The number of nitrogen functional groups attached to an aromatic ring is 1. The van der Waals surface area contributed by atoms with Crippen LogP contribution in [0.4, 0.5) is 5.69 Å². The Bertz CT molecular complexity index is 382. The first-order valence-electron chi connectivity index (χ1n) is 4.02. The fourth-order valence-electron chi connectivity index (χ4n) is 0.799. The smallest absolute Gasteiger partial charge is 0.238 e. The highest BCUT2D eigenvalue weighted by Crippen LogP contribution is 2.25. The Morgan fingerprint density at radius 3 is 2.79 bits per heavy atom. The fourth-order valence-corrected chi connectivity index (χ4v) is 1.15. The highest BCUT2D eigenvalue weighted by Gasteiger charge is 2.17. The van der Waals surface area contributed by atoms with Crippen LogP contribution in [0.15, 0.2) is 16.7 Å². The maximum Gasteiger partial charge on any atom is 0.238 e. The number of halogens is 1. The van der Waals surface area contributed by atoms with Gasteiger partial charge in [-0.3, -0.25) is 0 Å². The summed E-state index contributed by atoms with van der Waals surface area (Å²) in [4.78, 5) is 4.02. The molecule has 1 rings (SSSR count). The van der Waals surface area contributed by atoms with Crippen LogP contribution in [0.5, 0.6) is 5.88 Å². The molecule has 0 spiro atoms. The molecule has 0 unspecified atom stereocenters. The zero-order valence-corrected chi connectivity index (χ0v) is 9.63. The summed E-state index contributed by atoms with van der Waals surface area (Å²) in [6, 6.07) is 1.72. The van der Waals surface area contributed by atoms with Crippen LogP contribution in [-0.2, 0) is 0 Å². The molecule has 0 atom stereocenters. The van der Waals surface area contributed by atoms with Gasteiger partial charge in [-0.1, -0.05) is 5.92 Å². The van der Waals surface area contributed by atoms with E-state index in [1.807, 2.05) is 0 Å². The highest BCUT2D eigenvalue weighted by atomic mass is 79.9. The highest BCUT2D eigenvalue weighted by molar-refractivity contribution is 9.10. The Balaban J connectivity index is 2.94. The molecule has 0 aliphatic rings. The second-order valence-electron chi connectivity index (χ2n) is 3.30. The number of pyridine rings is 1. The van der Waals surface area contributed by atoms with Crippen LogP contribution in [-0.4, -0.2) is 10.6 Å². The quantitative estimate of drug-likeness (QED) is 0.824. The van der Waals surface area contributed by atoms with Gasteiger partial charge in [-0.25, -0.2) is 4.98 Å². The predicted molar refractivity (Wildman–Crippen MR) is 59.9 cm³/mol. The molecule has 14 heavy (non-hydrogen) atoms. The van der Waals surface area contributed by atoms with E-state index in [4.69, 9.17) is 16.9 Å². The van der Waals surface area contributed by atoms with Crippen molar-refractivity contribution in [3.63, 3.8) is 0 Å². The second kappa shape index (κ2) is 3.89. The average Bonchev–Trinajstić information content (AvgIpc) is 2.10. The summed E-state index contributed by atoms with van der Waals surface area (Å²) >= 11 is 3.25. The molecule has 4 heteroatoms. The van der Waals surface area contributed by atoms with E-state index in [1.165, 1.54) is 0 Å². The van der Waals surface area contributed by atoms with E-state index in [9.17, 15) is 0 Å². The molecular formula is C10H11BrN2O. The minimum atomic E-state index is -0.699. The number of rotatable bonds is 2. The molecule has 0 fully saturated rings. The molecule has 0 aliphatic heterocycles. The standard InChI is InChI=1S/C10H11BrN2O/c1-4-10(2,3)14-9-8(12)5-7(11)6-13-9/h1,5-6H,12H2,2-3H3. The van der Waals surface area contributed by atoms with E-state index in [0.717, 1.165) is 4.47 Å². The van der Waals surface area contributed by atoms with Crippen LogP contribution in [0.3, 0.4) is 0 Å². The molecular weight excluding hydrogens is 244 g/mol. The molecule has 0 aliphatic carbocycles. The van der Waals surface area contributed by atoms with E-state index >= 15 is 0 Å². The molecule has 0 saturated heterocycles. The summed E-state index contributed by atoms with van der Waals surface area (Å²) < 4.78 is 6.25. The summed E-state index contributed by atoms with van der Waals surface area (Å²) in [5.41, 5.74) is 5.46. The van der Waals surface area contributed by atoms with Crippen molar-refractivity contribution in [3.05, 3.63) is 16.7 Å². The van der Waals surface area contributed by atoms with Gasteiger partial charge in [-0.15, -0.1) is 6.42 Å². The van der Waals surface area contributed by atoms with Gasteiger partial charge in [0.2, 0.25) is 5.88 Å². The third-order valence-electron chi connectivity index (χ3n) is 1.54. The molecule has 0 amide bonds. The Labute approximate surface area is 91.8 Å². The summed E-state index contributed by atoms with van der Waals surface area (Å²) in [5.74, 6) is 2.86. The van der Waals surface area contributed by atoms with Crippen LogP contribution in [0.25, 0.3) is 0 Å². The molecule has 2 N–H and O–H groups in total. The van der Waals surface area contributed by atoms with E-state index < -0.39 is 5.60 Å². The first-order chi connectivity index (χ1) is 6.44. The lowest BCUT2D eigenvalue weighted by molar-refractivity contribution is 0.166. The maximum atomic E-state index is 5.70. The molecule has 0 saturated carbocycles. The summed E-state index contributed by atoms with van der Waals surface area (Å²) in [5, 5.41) is 0. The Morgan fingerprint density at radius 1 is 1.64 bits per heavy atom. The predicted octanol–water partition coefficient (Wildman–Crippen LogP) is 2.22. The van der Waals surface area contributed by atoms with Crippen molar-refractivity contribution in [3.8, 4) is 18.2 Å². The summed E-state index contributed by atoms with van der Waals surface area (Å²) in [6.45, 7) is 3.55. The third-order valence-corrected chi connectivity index (χ3v) is 1.98. The van der Waals surface area contributed by atoms with Crippen molar-refractivity contribution >= 4 is 21.6 Å². The number of nitrogens with zero attached hydrogens (tertiary/aromatic N) is 1. The maximum absolute atomic E-state index is 5.70. The number of hydrogen-bond donors (Lipinski definition) is 1. The number of terminal acetylenes is 1. The number of hydrogen-bond acceptors (Lipinski definition) is 3. The molecule has 0 bridgehead atoms. The second-order valence-corrected chi connectivity index (χ2v) is 4.22. The largest absolute Gasteiger partial charge is 0.457 e. The Kier molecular flexibility index (Phi) is 3.02. The van der Waals surface area contributed by atoms with Crippen LogP contribution >= 0.6 is 15.9 Å². The molecule has 1 aromatic heterocycles. The van der Waals surface area contributed by atoms with Gasteiger partial charge in [-0.05, 0) is 35.8 Å². The summed E-state index contributed by atoms with van der Waals surface area (Å²) in [6.07, 6.45) is 6.89. The van der Waals surface area contributed by atoms with Gasteiger partial charge in [-0.2, -0.15) is 0 Å². The number of nitrogens with two attached hydrogens (primary N) is 1. The van der Waals surface area contributed by atoms with E-state index in [-0.39, 0.29) is 0 Å². The molecule has 0 aromatic carbocycles. The normalized spacial score (nSPS) is 10.7. The minimum absolute atomic E-state index is 0.358. The molecule has 74 valence electrons. The lowest BCUT2D eigenvalue weighted by Crippen LogP contribution is -2.26. The van der Waals surface area contributed by atoms with E-state index in [0.29, 0.717) is 11.6 Å². The zero-order chi connectivity index (χ0) is 10.8.